The zero-order chi connectivity index (χ0) is 22.0. The van der Waals surface area contributed by atoms with E-state index in [1.807, 2.05) is 47.9 Å². The summed E-state index contributed by atoms with van der Waals surface area (Å²) in [6.45, 7) is 3.54. The second-order valence-electron chi connectivity index (χ2n) is 6.75. The molecule has 0 saturated heterocycles. The average Bonchev–Trinajstić information content (AvgIpc) is 3.37. The van der Waals surface area contributed by atoms with Gasteiger partial charge in [-0.2, -0.15) is 0 Å². The molecule has 4 rings (SSSR count). The number of para-hydroxylation sites is 1. The van der Waals surface area contributed by atoms with Crippen LogP contribution in [0.1, 0.15) is 12.7 Å². The standard InChI is InChI=1S/C22H18F2N4O2S/c1-13-17(10-11-30-13)20-26-27-22(28(20)16-6-4-3-5-7-16)31-14(2)21(29)25-15-8-9-18(23)19(24)12-15/h3-12,14H,1-2H3,(H,25,29). The molecule has 1 N–H and O–H groups in total. The Morgan fingerprint density at radius 1 is 1.10 bits per heavy atom. The van der Waals surface area contributed by atoms with Crippen LogP contribution in [0, 0.1) is 18.6 Å². The lowest BCUT2D eigenvalue weighted by atomic mass is 10.2. The first-order chi connectivity index (χ1) is 14.9. The van der Waals surface area contributed by atoms with Crippen LogP contribution in [-0.2, 0) is 4.79 Å². The smallest absolute Gasteiger partial charge is 0.237 e. The van der Waals surface area contributed by atoms with Crippen molar-refractivity contribution in [3.05, 3.63) is 78.3 Å². The van der Waals surface area contributed by atoms with Crippen molar-refractivity contribution in [2.75, 3.05) is 5.32 Å². The van der Waals surface area contributed by atoms with Crippen LogP contribution in [0.4, 0.5) is 14.5 Å². The molecule has 2 aromatic carbocycles. The van der Waals surface area contributed by atoms with Gasteiger partial charge in [0.25, 0.3) is 0 Å². The number of anilines is 1. The fourth-order valence-electron chi connectivity index (χ4n) is 2.98. The van der Waals surface area contributed by atoms with E-state index in [9.17, 15) is 13.6 Å². The Bertz CT molecular complexity index is 1220. The number of amides is 1. The maximum absolute atomic E-state index is 13.4. The summed E-state index contributed by atoms with van der Waals surface area (Å²) in [6, 6.07) is 14.6. The van der Waals surface area contributed by atoms with Gasteiger partial charge in [-0.25, -0.2) is 8.78 Å². The van der Waals surface area contributed by atoms with Gasteiger partial charge >= 0.3 is 0 Å². The summed E-state index contributed by atoms with van der Waals surface area (Å²) in [6.07, 6.45) is 1.58. The maximum atomic E-state index is 13.4. The number of hydrogen-bond donors (Lipinski definition) is 1. The second-order valence-corrected chi connectivity index (χ2v) is 8.05. The van der Waals surface area contributed by atoms with Gasteiger partial charge in [0.15, 0.2) is 22.6 Å². The third-order valence-corrected chi connectivity index (χ3v) is 5.63. The molecular formula is C22H18F2N4O2S. The fraction of sp³-hybridized carbons (Fsp3) is 0.136. The SMILES string of the molecule is Cc1occc1-c1nnc(SC(C)C(=O)Nc2ccc(F)c(F)c2)n1-c1ccccc1. The van der Waals surface area contributed by atoms with Gasteiger partial charge in [-0.05, 0) is 44.2 Å². The van der Waals surface area contributed by atoms with E-state index in [2.05, 4.69) is 15.5 Å². The Morgan fingerprint density at radius 2 is 1.87 bits per heavy atom. The normalized spacial score (nSPS) is 12.0. The number of furan rings is 1. The number of rotatable bonds is 6. The zero-order valence-corrected chi connectivity index (χ0v) is 17.5. The van der Waals surface area contributed by atoms with Crippen molar-refractivity contribution in [2.45, 2.75) is 24.3 Å². The molecule has 158 valence electrons. The molecule has 0 aliphatic heterocycles. The molecule has 6 nitrogen and oxygen atoms in total. The number of hydrogen-bond acceptors (Lipinski definition) is 5. The van der Waals surface area contributed by atoms with Crippen molar-refractivity contribution in [3.8, 4) is 17.1 Å². The average molecular weight is 440 g/mol. The molecule has 9 heteroatoms. The van der Waals surface area contributed by atoms with E-state index in [-0.39, 0.29) is 11.6 Å². The molecule has 1 unspecified atom stereocenters. The zero-order valence-electron chi connectivity index (χ0n) is 16.7. The van der Waals surface area contributed by atoms with Gasteiger partial charge in [-0.15, -0.1) is 10.2 Å². The summed E-state index contributed by atoms with van der Waals surface area (Å²) in [7, 11) is 0. The lowest BCUT2D eigenvalue weighted by Gasteiger charge is -2.14. The van der Waals surface area contributed by atoms with E-state index < -0.39 is 16.9 Å². The van der Waals surface area contributed by atoms with Crippen molar-refractivity contribution in [3.63, 3.8) is 0 Å². The number of halogens is 2. The van der Waals surface area contributed by atoms with Gasteiger partial charge in [0, 0.05) is 17.4 Å². The van der Waals surface area contributed by atoms with Gasteiger partial charge < -0.3 is 9.73 Å². The number of nitrogens with zero attached hydrogens (tertiary/aromatic N) is 3. The third-order valence-electron chi connectivity index (χ3n) is 4.59. The molecule has 31 heavy (non-hydrogen) atoms. The minimum absolute atomic E-state index is 0.176. The predicted octanol–water partition coefficient (Wildman–Crippen LogP) is 5.23. The molecule has 4 aromatic rings. The number of aryl methyl sites for hydroxylation is 1. The van der Waals surface area contributed by atoms with Crippen molar-refractivity contribution < 1.29 is 18.0 Å². The quantitative estimate of drug-likeness (QED) is 0.416. The number of carbonyl (C=O) groups is 1. The monoisotopic (exact) mass is 440 g/mol. The van der Waals surface area contributed by atoms with Crippen LogP contribution in [0.5, 0.6) is 0 Å². The Labute approximate surface area is 181 Å². The van der Waals surface area contributed by atoms with Gasteiger partial charge in [0.05, 0.1) is 17.1 Å². The predicted molar refractivity (Wildman–Crippen MR) is 114 cm³/mol. The Kier molecular flexibility index (Phi) is 5.85. The van der Waals surface area contributed by atoms with E-state index >= 15 is 0 Å². The minimum Gasteiger partial charge on any atom is -0.469 e. The summed E-state index contributed by atoms with van der Waals surface area (Å²) >= 11 is 1.20. The van der Waals surface area contributed by atoms with E-state index in [0.29, 0.717) is 16.7 Å². The highest BCUT2D eigenvalue weighted by atomic mass is 32.2. The minimum atomic E-state index is -1.03. The highest BCUT2D eigenvalue weighted by Crippen LogP contribution is 2.32. The van der Waals surface area contributed by atoms with Crippen molar-refractivity contribution in [1.29, 1.82) is 0 Å². The van der Waals surface area contributed by atoms with E-state index in [4.69, 9.17) is 4.42 Å². The molecule has 0 spiro atoms. The van der Waals surface area contributed by atoms with Crippen LogP contribution >= 0.6 is 11.8 Å². The number of carbonyl (C=O) groups excluding carboxylic acids is 1. The van der Waals surface area contributed by atoms with Gasteiger partial charge in [0.1, 0.15) is 5.76 Å². The van der Waals surface area contributed by atoms with Crippen LogP contribution in [0.3, 0.4) is 0 Å². The molecule has 0 aliphatic rings. The van der Waals surface area contributed by atoms with Crippen LogP contribution < -0.4 is 5.32 Å². The van der Waals surface area contributed by atoms with Crippen molar-refractivity contribution in [2.24, 2.45) is 0 Å². The summed E-state index contributed by atoms with van der Waals surface area (Å²) < 4.78 is 33.8. The fourth-order valence-corrected chi connectivity index (χ4v) is 3.84. The third kappa shape index (κ3) is 4.36. The second kappa shape index (κ2) is 8.73. The highest BCUT2D eigenvalue weighted by Gasteiger charge is 2.23. The van der Waals surface area contributed by atoms with Crippen LogP contribution in [0.25, 0.3) is 17.1 Å². The van der Waals surface area contributed by atoms with Crippen molar-refractivity contribution >= 4 is 23.4 Å². The highest BCUT2D eigenvalue weighted by molar-refractivity contribution is 8.00. The topological polar surface area (TPSA) is 72.9 Å². The number of nitrogens with one attached hydrogen (secondary N) is 1. The molecule has 0 bridgehead atoms. The molecule has 2 heterocycles. The lowest BCUT2D eigenvalue weighted by molar-refractivity contribution is -0.115. The Morgan fingerprint density at radius 3 is 2.55 bits per heavy atom. The van der Waals surface area contributed by atoms with Crippen LogP contribution in [0.15, 0.2) is 70.4 Å². The summed E-state index contributed by atoms with van der Waals surface area (Å²) in [5, 5.41) is 11.1. The van der Waals surface area contributed by atoms with E-state index in [1.165, 1.54) is 17.8 Å². The first kappa shape index (κ1) is 20.8. The van der Waals surface area contributed by atoms with Crippen LogP contribution in [0.2, 0.25) is 0 Å². The van der Waals surface area contributed by atoms with E-state index in [1.54, 1.807) is 13.2 Å². The van der Waals surface area contributed by atoms with Gasteiger partial charge in [-0.1, -0.05) is 30.0 Å². The molecule has 2 aromatic heterocycles. The maximum Gasteiger partial charge on any atom is 0.237 e. The molecule has 0 aliphatic carbocycles. The molecule has 0 saturated carbocycles. The van der Waals surface area contributed by atoms with Gasteiger partial charge in [0.2, 0.25) is 5.91 Å². The Hall–Kier alpha value is -3.46. The summed E-state index contributed by atoms with van der Waals surface area (Å²) in [5.41, 5.74) is 1.80. The largest absolute Gasteiger partial charge is 0.469 e. The molecular weight excluding hydrogens is 422 g/mol. The van der Waals surface area contributed by atoms with Crippen molar-refractivity contribution in [1.82, 2.24) is 14.8 Å². The lowest BCUT2D eigenvalue weighted by Crippen LogP contribution is -2.23. The van der Waals surface area contributed by atoms with E-state index in [0.717, 1.165) is 23.4 Å². The summed E-state index contributed by atoms with van der Waals surface area (Å²) in [5.74, 6) is -1.08. The van der Waals surface area contributed by atoms with Gasteiger partial charge in [-0.3, -0.25) is 9.36 Å². The van der Waals surface area contributed by atoms with Crippen LogP contribution in [-0.4, -0.2) is 25.9 Å². The first-order valence-electron chi connectivity index (χ1n) is 9.42. The number of benzene rings is 2. The first-order valence-corrected chi connectivity index (χ1v) is 10.3. The molecule has 1 amide bonds. The molecule has 1 atom stereocenters. The molecule has 0 radical (unpaired) electrons. The Balaban J connectivity index is 1.62. The number of aromatic nitrogens is 3. The number of thioether (sulfide) groups is 1. The summed E-state index contributed by atoms with van der Waals surface area (Å²) in [4.78, 5) is 12.6. The molecule has 0 fully saturated rings.